The number of hydroxylamine groups is 1. The van der Waals surface area contributed by atoms with Crippen LogP contribution in [0, 0.1) is 12.7 Å². The van der Waals surface area contributed by atoms with Gasteiger partial charge in [-0.3, -0.25) is 14.4 Å². The first kappa shape index (κ1) is 34.5. The van der Waals surface area contributed by atoms with Crippen LogP contribution in [0.25, 0.3) is 11.1 Å². The van der Waals surface area contributed by atoms with Crippen LogP contribution in [0.2, 0.25) is 0 Å². The lowest BCUT2D eigenvalue weighted by molar-refractivity contribution is -0.137. The third-order valence-electron chi connectivity index (χ3n) is 8.36. The number of anilines is 1. The smallest absolute Gasteiger partial charge is 0.323 e. The van der Waals surface area contributed by atoms with Crippen LogP contribution in [0.5, 0.6) is 5.75 Å². The second kappa shape index (κ2) is 15.5. The molecule has 0 bridgehead atoms. The SMILES string of the molecule is COc1cccc(F)c1CC(=O)Nc1ccc(C(=O)N(CC(=O)O)Cc2ccc(C3N=C(c4ccc(-c5ccc(C)cc5)cc4)ON3)cc2)cc1. The number of nitrogens with zero attached hydrogens (tertiary/aromatic N) is 2. The van der Waals surface area contributed by atoms with Crippen LogP contribution < -0.4 is 15.5 Å². The number of methoxy groups -OCH3 is 1. The molecule has 3 N–H and O–H groups in total. The molecule has 6 rings (SSSR count). The summed E-state index contributed by atoms with van der Waals surface area (Å²) < 4.78 is 19.4. The fourth-order valence-corrected chi connectivity index (χ4v) is 5.64. The van der Waals surface area contributed by atoms with Crippen molar-refractivity contribution >= 4 is 29.4 Å². The monoisotopic (exact) mass is 686 g/mol. The summed E-state index contributed by atoms with van der Waals surface area (Å²) in [6.07, 6.45) is -0.697. The molecule has 10 nitrogen and oxygen atoms in total. The molecule has 51 heavy (non-hydrogen) atoms. The van der Waals surface area contributed by atoms with Crippen LogP contribution in [-0.2, 0) is 27.4 Å². The Hall–Kier alpha value is -6.33. The van der Waals surface area contributed by atoms with E-state index in [9.17, 15) is 23.9 Å². The van der Waals surface area contributed by atoms with Crippen molar-refractivity contribution < 1.29 is 33.5 Å². The topological polar surface area (TPSA) is 130 Å². The van der Waals surface area contributed by atoms with Crippen molar-refractivity contribution in [2.45, 2.75) is 26.1 Å². The number of aliphatic carboxylic acids is 1. The van der Waals surface area contributed by atoms with Gasteiger partial charge in [-0.25, -0.2) is 9.38 Å². The largest absolute Gasteiger partial charge is 0.496 e. The van der Waals surface area contributed by atoms with Crippen LogP contribution in [0.15, 0.2) is 120 Å². The van der Waals surface area contributed by atoms with Crippen molar-refractivity contribution in [1.82, 2.24) is 10.4 Å². The van der Waals surface area contributed by atoms with Gasteiger partial charge < -0.3 is 24.9 Å². The Kier molecular flexibility index (Phi) is 10.5. The molecule has 5 aromatic carbocycles. The van der Waals surface area contributed by atoms with Gasteiger partial charge in [-0.15, -0.1) is 5.48 Å². The Balaban J connectivity index is 1.07. The molecule has 0 saturated carbocycles. The lowest BCUT2D eigenvalue weighted by atomic mass is 10.0. The third-order valence-corrected chi connectivity index (χ3v) is 8.36. The standard InChI is InChI=1S/C40H35FN4O6/c1-25-6-10-27(11-7-25)28-14-16-30(17-15-28)39-43-38(44-51-39)29-12-8-26(9-13-29)23-45(24-37(47)48)40(49)31-18-20-32(21-19-31)42-36(46)22-33-34(41)4-3-5-35(33)50-2/h3-21,38,44H,22-24H2,1-2H3,(H,42,46)(H,47,48). The quantitative estimate of drug-likeness (QED) is 0.133. The van der Waals surface area contributed by atoms with E-state index in [0.29, 0.717) is 11.6 Å². The van der Waals surface area contributed by atoms with E-state index in [0.717, 1.165) is 27.8 Å². The zero-order valence-electron chi connectivity index (χ0n) is 27.9. The van der Waals surface area contributed by atoms with E-state index in [1.807, 2.05) is 48.5 Å². The summed E-state index contributed by atoms with van der Waals surface area (Å²) in [5.74, 6) is -1.95. The van der Waals surface area contributed by atoms with Gasteiger partial charge in [-0.2, -0.15) is 0 Å². The summed E-state index contributed by atoms with van der Waals surface area (Å²) >= 11 is 0. The lowest BCUT2D eigenvalue weighted by Crippen LogP contribution is -2.35. The number of aryl methyl sites for hydroxylation is 1. The van der Waals surface area contributed by atoms with E-state index in [-0.39, 0.29) is 29.8 Å². The number of amides is 2. The number of nitrogens with one attached hydrogen (secondary N) is 2. The summed E-state index contributed by atoms with van der Waals surface area (Å²) in [6.45, 7) is 1.59. The summed E-state index contributed by atoms with van der Waals surface area (Å²) in [5, 5.41) is 12.2. The summed E-state index contributed by atoms with van der Waals surface area (Å²) in [6, 6.07) is 34.0. The van der Waals surface area contributed by atoms with E-state index in [4.69, 9.17) is 14.6 Å². The molecule has 0 spiro atoms. The molecule has 11 heteroatoms. The molecule has 1 aliphatic heterocycles. The fraction of sp³-hybridized carbons (Fsp3) is 0.150. The Labute approximate surface area is 294 Å². The highest BCUT2D eigenvalue weighted by atomic mass is 19.1. The summed E-state index contributed by atoms with van der Waals surface area (Å²) in [4.78, 5) is 49.3. The zero-order chi connectivity index (χ0) is 35.9. The number of hydrogen-bond acceptors (Lipinski definition) is 7. The number of hydrogen-bond donors (Lipinski definition) is 3. The number of rotatable bonds is 12. The number of halogens is 1. The van der Waals surface area contributed by atoms with E-state index >= 15 is 0 Å². The molecule has 0 aromatic heterocycles. The average molecular weight is 687 g/mol. The number of aliphatic imine (C=N–C) groups is 1. The molecule has 0 radical (unpaired) electrons. The van der Waals surface area contributed by atoms with E-state index in [1.165, 1.54) is 54.0 Å². The second-order valence-corrected chi connectivity index (χ2v) is 12.0. The van der Waals surface area contributed by atoms with Gasteiger partial charge in [-0.1, -0.05) is 72.3 Å². The van der Waals surface area contributed by atoms with Gasteiger partial charge in [0.2, 0.25) is 11.8 Å². The van der Waals surface area contributed by atoms with E-state index in [2.05, 4.69) is 42.0 Å². The van der Waals surface area contributed by atoms with Gasteiger partial charge in [0, 0.05) is 28.9 Å². The maximum atomic E-state index is 14.3. The number of carboxylic acids is 1. The number of carbonyl (C=O) groups excluding carboxylic acids is 2. The van der Waals surface area contributed by atoms with Crippen LogP contribution in [0.3, 0.4) is 0 Å². The summed E-state index contributed by atoms with van der Waals surface area (Å²) in [5.41, 5.74) is 9.50. The molecule has 1 atom stereocenters. The first-order valence-electron chi connectivity index (χ1n) is 16.2. The van der Waals surface area contributed by atoms with Crippen molar-refractivity contribution in [3.05, 3.63) is 154 Å². The molecular weight excluding hydrogens is 651 g/mol. The Morgan fingerprint density at radius 2 is 1.53 bits per heavy atom. The fourth-order valence-electron chi connectivity index (χ4n) is 5.64. The minimum atomic E-state index is -1.16. The number of benzene rings is 5. The van der Waals surface area contributed by atoms with Crippen LogP contribution in [-0.4, -0.2) is 47.3 Å². The number of ether oxygens (including phenoxy) is 1. The van der Waals surface area contributed by atoms with Gasteiger partial charge >= 0.3 is 5.97 Å². The lowest BCUT2D eigenvalue weighted by Gasteiger charge is -2.21. The van der Waals surface area contributed by atoms with Crippen molar-refractivity contribution in [3.8, 4) is 16.9 Å². The highest BCUT2D eigenvalue weighted by Gasteiger charge is 2.23. The van der Waals surface area contributed by atoms with E-state index < -0.39 is 36.3 Å². The molecule has 1 heterocycles. The molecular formula is C40H35FN4O6. The van der Waals surface area contributed by atoms with Gasteiger partial charge in [-0.05, 0) is 77.7 Å². The van der Waals surface area contributed by atoms with Crippen LogP contribution in [0.1, 0.15) is 44.3 Å². The highest BCUT2D eigenvalue weighted by molar-refractivity contribution is 5.97. The second-order valence-electron chi connectivity index (χ2n) is 12.0. The van der Waals surface area contributed by atoms with Gasteiger partial charge in [0.15, 0.2) is 6.17 Å². The Morgan fingerprint density at radius 3 is 2.18 bits per heavy atom. The molecule has 0 fully saturated rings. The van der Waals surface area contributed by atoms with Gasteiger partial charge in [0.25, 0.3) is 5.91 Å². The maximum Gasteiger partial charge on any atom is 0.323 e. The highest BCUT2D eigenvalue weighted by Crippen LogP contribution is 2.26. The van der Waals surface area contributed by atoms with Crippen LogP contribution in [0.4, 0.5) is 10.1 Å². The van der Waals surface area contributed by atoms with Crippen molar-refractivity contribution in [3.63, 3.8) is 0 Å². The van der Waals surface area contributed by atoms with Crippen molar-refractivity contribution in [1.29, 1.82) is 0 Å². The molecule has 2 amide bonds. The maximum absolute atomic E-state index is 14.3. The molecule has 0 saturated heterocycles. The van der Waals surface area contributed by atoms with Crippen LogP contribution >= 0.6 is 0 Å². The van der Waals surface area contributed by atoms with Gasteiger partial charge in [0.1, 0.15) is 18.1 Å². The first-order chi connectivity index (χ1) is 24.7. The average Bonchev–Trinajstić information content (AvgIpc) is 3.63. The Morgan fingerprint density at radius 1 is 0.882 bits per heavy atom. The molecule has 1 aliphatic rings. The van der Waals surface area contributed by atoms with Crippen molar-refractivity contribution in [2.24, 2.45) is 4.99 Å². The minimum Gasteiger partial charge on any atom is -0.496 e. The third kappa shape index (κ3) is 8.46. The predicted molar refractivity (Wildman–Crippen MR) is 191 cm³/mol. The predicted octanol–water partition coefficient (Wildman–Crippen LogP) is 6.70. The molecule has 1 unspecified atom stereocenters. The van der Waals surface area contributed by atoms with Crippen molar-refractivity contribution in [2.75, 3.05) is 19.0 Å². The zero-order valence-corrected chi connectivity index (χ0v) is 27.9. The molecule has 258 valence electrons. The summed E-state index contributed by atoms with van der Waals surface area (Å²) in [7, 11) is 1.40. The normalized spacial score (nSPS) is 13.5. The first-order valence-corrected chi connectivity index (χ1v) is 16.2. The Bertz CT molecular complexity index is 2070. The molecule has 0 aliphatic carbocycles. The van der Waals surface area contributed by atoms with E-state index in [1.54, 1.807) is 6.07 Å². The van der Waals surface area contributed by atoms with Gasteiger partial charge in [0.05, 0.1) is 13.5 Å². The minimum absolute atomic E-state index is 0.0464. The molecule has 5 aromatic rings. The number of carboxylic acid groups (broad SMARTS) is 1. The number of carbonyl (C=O) groups is 3.